The predicted octanol–water partition coefficient (Wildman–Crippen LogP) is 2.89. The summed E-state index contributed by atoms with van der Waals surface area (Å²) >= 11 is 0. The first-order chi connectivity index (χ1) is 7.57. The topological polar surface area (TPSA) is 15.3 Å². The van der Waals surface area contributed by atoms with E-state index in [4.69, 9.17) is 0 Å². The van der Waals surface area contributed by atoms with E-state index in [1.807, 2.05) is 0 Å². The molecule has 1 aliphatic heterocycles. The molecule has 0 aromatic heterocycles. The quantitative estimate of drug-likeness (QED) is 0.775. The molecule has 1 fully saturated rings. The summed E-state index contributed by atoms with van der Waals surface area (Å²) in [4.78, 5) is 2.71. The van der Waals surface area contributed by atoms with Crippen LogP contribution in [-0.2, 0) is 0 Å². The van der Waals surface area contributed by atoms with E-state index in [1.54, 1.807) is 0 Å². The molecule has 0 radical (unpaired) electrons. The summed E-state index contributed by atoms with van der Waals surface area (Å²) in [7, 11) is 0. The maximum atomic E-state index is 3.76. The van der Waals surface area contributed by atoms with Crippen molar-refractivity contribution < 1.29 is 0 Å². The van der Waals surface area contributed by atoms with Crippen LogP contribution in [0.25, 0.3) is 0 Å². The second-order valence-corrected chi connectivity index (χ2v) is 5.67. The lowest BCUT2D eigenvalue weighted by Crippen LogP contribution is -2.64. The van der Waals surface area contributed by atoms with E-state index in [-0.39, 0.29) is 0 Å². The molecule has 1 N–H and O–H groups in total. The molecular weight excluding hydrogens is 196 g/mol. The van der Waals surface area contributed by atoms with Gasteiger partial charge in [-0.3, -0.25) is 4.90 Å². The fourth-order valence-electron chi connectivity index (χ4n) is 2.63. The molecule has 0 bridgehead atoms. The monoisotopic (exact) mass is 226 g/mol. The highest BCUT2D eigenvalue weighted by molar-refractivity contribution is 4.96. The van der Waals surface area contributed by atoms with Gasteiger partial charge in [-0.1, -0.05) is 34.1 Å². The number of nitrogens with zero attached hydrogens (tertiary/aromatic N) is 1. The molecule has 0 spiro atoms. The van der Waals surface area contributed by atoms with Gasteiger partial charge >= 0.3 is 0 Å². The molecule has 96 valence electrons. The summed E-state index contributed by atoms with van der Waals surface area (Å²) in [5.41, 5.74) is 0.375. The third-order valence-electron chi connectivity index (χ3n) is 4.51. The van der Waals surface area contributed by atoms with Gasteiger partial charge in [0, 0.05) is 24.7 Å². The van der Waals surface area contributed by atoms with Gasteiger partial charge in [0.1, 0.15) is 0 Å². The average molecular weight is 226 g/mol. The van der Waals surface area contributed by atoms with Crippen molar-refractivity contribution in [2.45, 2.75) is 65.5 Å². The maximum absolute atomic E-state index is 3.76. The van der Waals surface area contributed by atoms with Gasteiger partial charge in [-0.05, 0) is 32.2 Å². The first-order valence-corrected chi connectivity index (χ1v) is 7.05. The molecule has 1 rings (SSSR count). The highest BCUT2D eigenvalue weighted by atomic mass is 15.3. The van der Waals surface area contributed by atoms with E-state index in [0.717, 1.165) is 12.5 Å². The molecule has 0 saturated carbocycles. The molecule has 3 atom stereocenters. The number of hydrogen-bond donors (Lipinski definition) is 1. The van der Waals surface area contributed by atoms with Crippen LogP contribution in [0.5, 0.6) is 0 Å². The van der Waals surface area contributed by atoms with Gasteiger partial charge in [0.05, 0.1) is 0 Å². The smallest absolute Gasteiger partial charge is 0.0303 e. The van der Waals surface area contributed by atoms with Gasteiger partial charge in [0.15, 0.2) is 0 Å². The predicted molar refractivity (Wildman–Crippen MR) is 71.8 cm³/mol. The van der Waals surface area contributed by atoms with Gasteiger partial charge < -0.3 is 5.32 Å². The maximum Gasteiger partial charge on any atom is 0.0303 e. The van der Waals surface area contributed by atoms with Crippen LogP contribution in [0.4, 0.5) is 0 Å². The molecule has 2 nitrogen and oxygen atoms in total. The molecule has 3 unspecified atom stereocenters. The molecule has 1 aliphatic rings. The fraction of sp³-hybridized carbons (Fsp3) is 1.00. The van der Waals surface area contributed by atoms with Crippen molar-refractivity contribution in [3.05, 3.63) is 0 Å². The van der Waals surface area contributed by atoms with Gasteiger partial charge in [-0.25, -0.2) is 0 Å². The summed E-state index contributed by atoms with van der Waals surface area (Å²) in [6.07, 6.45) is 3.79. The summed E-state index contributed by atoms with van der Waals surface area (Å²) in [6, 6.07) is 0.691. The number of hydrogen-bond acceptors (Lipinski definition) is 2. The molecule has 0 aromatic carbocycles. The van der Waals surface area contributed by atoms with Crippen LogP contribution in [0.2, 0.25) is 0 Å². The Balaban J connectivity index is 2.64. The first kappa shape index (κ1) is 14.0. The third kappa shape index (κ3) is 2.98. The van der Waals surface area contributed by atoms with Crippen LogP contribution >= 0.6 is 0 Å². The molecule has 1 heterocycles. The second kappa shape index (κ2) is 6.02. The van der Waals surface area contributed by atoms with Crippen LogP contribution in [0.1, 0.15) is 53.9 Å². The number of piperazine rings is 1. The Labute approximate surface area is 102 Å². The Bertz CT molecular complexity index is 205. The van der Waals surface area contributed by atoms with Crippen molar-refractivity contribution in [2.75, 3.05) is 19.6 Å². The van der Waals surface area contributed by atoms with Crippen LogP contribution < -0.4 is 5.32 Å². The normalized spacial score (nSPS) is 33.9. The van der Waals surface area contributed by atoms with E-state index in [2.05, 4.69) is 44.8 Å². The average Bonchev–Trinajstić information content (AvgIpc) is 2.31. The zero-order chi connectivity index (χ0) is 12.2. The highest BCUT2D eigenvalue weighted by Gasteiger charge is 2.36. The van der Waals surface area contributed by atoms with Gasteiger partial charge in [-0.2, -0.15) is 0 Å². The van der Waals surface area contributed by atoms with Crippen molar-refractivity contribution in [1.29, 1.82) is 0 Å². The minimum Gasteiger partial charge on any atom is -0.311 e. The molecule has 0 aromatic rings. The first-order valence-electron chi connectivity index (χ1n) is 7.05. The Hall–Kier alpha value is -0.0800. The van der Waals surface area contributed by atoms with Crippen LogP contribution in [0.15, 0.2) is 0 Å². The Kier molecular flexibility index (Phi) is 5.26. The van der Waals surface area contributed by atoms with Crippen LogP contribution in [-0.4, -0.2) is 36.1 Å². The lowest BCUT2D eigenvalue weighted by Gasteiger charge is -2.49. The van der Waals surface area contributed by atoms with E-state index in [0.29, 0.717) is 11.6 Å². The van der Waals surface area contributed by atoms with E-state index >= 15 is 0 Å². The minimum atomic E-state index is 0.375. The minimum absolute atomic E-state index is 0.375. The van der Waals surface area contributed by atoms with Crippen molar-refractivity contribution in [1.82, 2.24) is 10.2 Å². The second-order valence-electron chi connectivity index (χ2n) is 5.67. The lowest BCUT2D eigenvalue weighted by atomic mass is 9.88. The van der Waals surface area contributed by atoms with Crippen LogP contribution in [0.3, 0.4) is 0 Å². The molecule has 1 saturated heterocycles. The van der Waals surface area contributed by atoms with Crippen molar-refractivity contribution in [3.8, 4) is 0 Å². The van der Waals surface area contributed by atoms with Gasteiger partial charge in [0.2, 0.25) is 0 Å². The molecular formula is C14H30N2. The van der Waals surface area contributed by atoms with E-state index < -0.39 is 0 Å². The third-order valence-corrected chi connectivity index (χ3v) is 4.51. The SMILES string of the molecule is CCCN1CC(C(C)CC)NCC1(C)CC. The molecule has 16 heavy (non-hydrogen) atoms. The zero-order valence-electron chi connectivity index (χ0n) is 11.8. The Morgan fingerprint density at radius 1 is 1.38 bits per heavy atom. The number of rotatable bonds is 5. The van der Waals surface area contributed by atoms with E-state index in [1.165, 1.54) is 32.4 Å². The van der Waals surface area contributed by atoms with Gasteiger partial charge in [0.25, 0.3) is 0 Å². The Morgan fingerprint density at radius 2 is 2.06 bits per heavy atom. The van der Waals surface area contributed by atoms with E-state index in [9.17, 15) is 0 Å². The number of nitrogens with one attached hydrogen (secondary N) is 1. The standard InChI is InChI=1S/C14H30N2/c1-6-9-16-10-13(12(4)7-2)15-11-14(16,5)8-3/h12-13,15H,6-11H2,1-5H3. The molecule has 0 aliphatic carbocycles. The van der Waals surface area contributed by atoms with Crippen molar-refractivity contribution >= 4 is 0 Å². The molecule has 0 amide bonds. The molecule has 2 heteroatoms. The lowest BCUT2D eigenvalue weighted by molar-refractivity contribution is 0.0365. The summed E-state index contributed by atoms with van der Waals surface area (Å²) in [5.74, 6) is 0.792. The largest absolute Gasteiger partial charge is 0.311 e. The summed E-state index contributed by atoms with van der Waals surface area (Å²) in [5, 5.41) is 3.76. The fourth-order valence-corrected chi connectivity index (χ4v) is 2.63. The van der Waals surface area contributed by atoms with Crippen molar-refractivity contribution in [3.63, 3.8) is 0 Å². The van der Waals surface area contributed by atoms with Crippen LogP contribution in [0, 0.1) is 5.92 Å². The summed E-state index contributed by atoms with van der Waals surface area (Å²) < 4.78 is 0. The zero-order valence-corrected chi connectivity index (χ0v) is 11.8. The summed E-state index contributed by atoms with van der Waals surface area (Å²) in [6.45, 7) is 15.3. The highest BCUT2D eigenvalue weighted by Crippen LogP contribution is 2.25. The Morgan fingerprint density at radius 3 is 2.56 bits per heavy atom. The van der Waals surface area contributed by atoms with Gasteiger partial charge in [-0.15, -0.1) is 0 Å². The van der Waals surface area contributed by atoms with Crippen molar-refractivity contribution in [2.24, 2.45) is 5.92 Å².